The molecule has 0 atom stereocenters. The average molecular weight is 270 g/mol. The second kappa shape index (κ2) is 6.48. The molecule has 2 amide bonds. The van der Waals surface area contributed by atoms with Crippen molar-refractivity contribution in [3.05, 3.63) is 42.5 Å². The van der Waals surface area contributed by atoms with Crippen LogP contribution in [0, 0.1) is 11.6 Å². The van der Waals surface area contributed by atoms with Crippen LogP contribution in [0.3, 0.4) is 0 Å². The molecular formula is C12H12F2N2O3. The Morgan fingerprint density at radius 3 is 2.42 bits per heavy atom. The summed E-state index contributed by atoms with van der Waals surface area (Å²) in [6.07, 6.45) is 1.31. The van der Waals surface area contributed by atoms with Gasteiger partial charge in [0.15, 0.2) is 0 Å². The minimum atomic E-state index is -1.24. The van der Waals surface area contributed by atoms with Crippen molar-refractivity contribution in [1.29, 1.82) is 0 Å². The molecular weight excluding hydrogens is 258 g/mol. The molecule has 2 N–H and O–H groups in total. The van der Waals surface area contributed by atoms with Gasteiger partial charge in [0.05, 0.1) is 0 Å². The van der Waals surface area contributed by atoms with Gasteiger partial charge in [-0.05, 0) is 12.1 Å². The van der Waals surface area contributed by atoms with Crippen LogP contribution in [0.5, 0.6) is 0 Å². The number of carbonyl (C=O) groups is 2. The van der Waals surface area contributed by atoms with Crippen LogP contribution in [0.15, 0.2) is 30.9 Å². The number of para-hydroxylation sites is 1. The summed E-state index contributed by atoms with van der Waals surface area (Å²) in [5.41, 5.74) is -0.619. The first kappa shape index (κ1) is 14.6. The SMILES string of the molecule is C=CCN(CC(=O)O)C(=O)Nc1c(F)cccc1F. The van der Waals surface area contributed by atoms with Gasteiger partial charge in [0.2, 0.25) is 0 Å². The number of hydrogen-bond donors (Lipinski definition) is 2. The molecule has 0 unspecified atom stereocenters. The lowest BCUT2D eigenvalue weighted by Crippen LogP contribution is -2.39. The Balaban J connectivity index is 2.86. The second-order valence-corrected chi connectivity index (χ2v) is 3.59. The summed E-state index contributed by atoms with van der Waals surface area (Å²) >= 11 is 0. The predicted molar refractivity (Wildman–Crippen MR) is 64.8 cm³/mol. The molecule has 0 aliphatic heterocycles. The van der Waals surface area contributed by atoms with Gasteiger partial charge in [-0.2, -0.15) is 0 Å². The molecule has 0 saturated heterocycles. The highest BCUT2D eigenvalue weighted by Crippen LogP contribution is 2.18. The molecule has 0 heterocycles. The molecule has 1 rings (SSSR count). The standard InChI is InChI=1S/C12H12F2N2O3/c1-2-6-16(7-10(17)18)12(19)15-11-8(13)4-3-5-9(11)14/h2-5H,1,6-7H2,(H,15,19)(H,17,18). The second-order valence-electron chi connectivity index (χ2n) is 3.59. The zero-order valence-corrected chi connectivity index (χ0v) is 9.90. The van der Waals surface area contributed by atoms with Crippen molar-refractivity contribution in [3.8, 4) is 0 Å². The van der Waals surface area contributed by atoms with Crippen LogP contribution in [0.4, 0.5) is 19.3 Å². The molecule has 0 radical (unpaired) electrons. The van der Waals surface area contributed by atoms with E-state index >= 15 is 0 Å². The fourth-order valence-corrected chi connectivity index (χ4v) is 1.34. The molecule has 0 spiro atoms. The molecule has 102 valence electrons. The van der Waals surface area contributed by atoms with Gasteiger partial charge in [-0.25, -0.2) is 13.6 Å². The minimum Gasteiger partial charge on any atom is -0.480 e. The summed E-state index contributed by atoms with van der Waals surface area (Å²) in [6, 6.07) is 2.19. The number of nitrogens with zero attached hydrogens (tertiary/aromatic N) is 1. The van der Waals surface area contributed by atoms with E-state index < -0.39 is 35.9 Å². The smallest absolute Gasteiger partial charge is 0.323 e. The van der Waals surface area contributed by atoms with Crippen LogP contribution in [0.1, 0.15) is 0 Å². The first-order valence-corrected chi connectivity index (χ1v) is 5.28. The Bertz CT molecular complexity index is 485. The first-order valence-electron chi connectivity index (χ1n) is 5.28. The van der Waals surface area contributed by atoms with E-state index in [0.29, 0.717) is 0 Å². The molecule has 1 aromatic carbocycles. The molecule has 0 fully saturated rings. The number of amides is 2. The number of benzene rings is 1. The molecule has 0 bridgehead atoms. The maximum atomic E-state index is 13.3. The van der Waals surface area contributed by atoms with Crippen LogP contribution in [-0.4, -0.2) is 35.1 Å². The van der Waals surface area contributed by atoms with Gasteiger partial charge in [-0.15, -0.1) is 6.58 Å². The highest BCUT2D eigenvalue weighted by molar-refractivity contribution is 5.91. The van der Waals surface area contributed by atoms with Crippen LogP contribution in [-0.2, 0) is 4.79 Å². The van der Waals surface area contributed by atoms with E-state index in [4.69, 9.17) is 5.11 Å². The number of carboxylic acid groups (broad SMARTS) is 1. The number of halogens is 2. The molecule has 1 aromatic rings. The van der Waals surface area contributed by atoms with Crippen LogP contribution in [0.25, 0.3) is 0 Å². The van der Waals surface area contributed by atoms with Gasteiger partial charge in [-0.1, -0.05) is 12.1 Å². The van der Waals surface area contributed by atoms with Crippen molar-refractivity contribution in [2.45, 2.75) is 0 Å². The van der Waals surface area contributed by atoms with Crippen LogP contribution >= 0.6 is 0 Å². The van der Waals surface area contributed by atoms with Crippen LogP contribution < -0.4 is 5.32 Å². The molecule has 0 aliphatic rings. The number of anilines is 1. The van der Waals surface area contributed by atoms with Crippen molar-refractivity contribution in [2.24, 2.45) is 0 Å². The van der Waals surface area contributed by atoms with E-state index in [1.807, 2.05) is 5.32 Å². The van der Waals surface area contributed by atoms with E-state index in [0.717, 1.165) is 23.1 Å². The van der Waals surface area contributed by atoms with Crippen molar-refractivity contribution in [3.63, 3.8) is 0 Å². The van der Waals surface area contributed by atoms with Crippen LogP contribution in [0.2, 0.25) is 0 Å². The number of rotatable bonds is 5. The zero-order valence-electron chi connectivity index (χ0n) is 9.90. The maximum absolute atomic E-state index is 13.3. The van der Waals surface area contributed by atoms with Gasteiger partial charge < -0.3 is 15.3 Å². The first-order chi connectivity index (χ1) is 8.95. The molecule has 5 nitrogen and oxygen atoms in total. The summed E-state index contributed by atoms with van der Waals surface area (Å²) in [5.74, 6) is -3.13. The minimum absolute atomic E-state index is 0.0613. The Morgan fingerprint density at radius 1 is 1.37 bits per heavy atom. The van der Waals surface area contributed by atoms with Crippen molar-refractivity contribution in [1.82, 2.24) is 4.90 Å². The molecule has 19 heavy (non-hydrogen) atoms. The van der Waals surface area contributed by atoms with E-state index in [1.54, 1.807) is 0 Å². The normalized spacial score (nSPS) is 9.79. The largest absolute Gasteiger partial charge is 0.480 e. The van der Waals surface area contributed by atoms with E-state index in [9.17, 15) is 18.4 Å². The van der Waals surface area contributed by atoms with Gasteiger partial charge in [0.25, 0.3) is 0 Å². The number of carboxylic acids is 1. The number of hydrogen-bond acceptors (Lipinski definition) is 2. The Kier molecular flexibility index (Phi) is 4.99. The third-order valence-electron chi connectivity index (χ3n) is 2.16. The fraction of sp³-hybridized carbons (Fsp3) is 0.167. The quantitative estimate of drug-likeness (QED) is 0.805. The summed E-state index contributed by atoms with van der Waals surface area (Å²) in [4.78, 5) is 23.1. The molecule has 0 aromatic heterocycles. The number of carbonyl (C=O) groups excluding carboxylic acids is 1. The lowest BCUT2D eigenvalue weighted by atomic mass is 10.3. The van der Waals surface area contributed by atoms with Gasteiger partial charge in [0, 0.05) is 6.54 Å². The number of aliphatic carboxylic acids is 1. The van der Waals surface area contributed by atoms with Crippen molar-refractivity contribution >= 4 is 17.7 Å². The highest BCUT2D eigenvalue weighted by atomic mass is 19.1. The average Bonchev–Trinajstić information content (AvgIpc) is 2.32. The van der Waals surface area contributed by atoms with Crippen molar-refractivity contribution in [2.75, 3.05) is 18.4 Å². The topological polar surface area (TPSA) is 69.6 Å². The van der Waals surface area contributed by atoms with E-state index in [2.05, 4.69) is 6.58 Å². The van der Waals surface area contributed by atoms with Gasteiger partial charge in [0.1, 0.15) is 23.9 Å². The lowest BCUT2D eigenvalue weighted by Gasteiger charge is -2.19. The Hall–Kier alpha value is -2.44. The fourth-order valence-electron chi connectivity index (χ4n) is 1.34. The maximum Gasteiger partial charge on any atom is 0.323 e. The van der Waals surface area contributed by atoms with Crippen molar-refractivity contribution < 1.29 is 23.5 Å². The summed E-state index contributed by atoms with van der Waals surface area (Å²) < 4.78 is 26.6. The molecule has 0 saturated carbocycles. The predicted octanol–water partition coefficient (Wildman–Crippen LogP) is 2.07. The molecule has 0 aliphatic carbocycles. The zero-order chi connectivity index (χ0) is 14.4. The molecule has 7 heteroatoms. The number of urea groups is 1. The van der Waals surface area contributed by atoms with Gasteiger partial charge in [-0.3, -0.25) is 4.79 Å². The number of nitrogens with one attached hydrogen (secondary N) is 1. The highest BCUT2D eigenvalue weighted by Gasteiger charge is 2.18. The Morgan fingerprint density at radius 2 is 1.95 bits per heavy atom. The Labute approximate surface area is 108 Å². The van der Waals surface area contributed by atoms with E-state index in [1.165, 1.54) is 6.08 Å². The summed E-state index contributed by atoms with van der Waals surface area (Å²) in [7, 11) is 0. The monoisotopic (exact) mass is 270 g/mol. The van der Waals surface area contributed by atoms with Gasteiger partial charge >= 0.3 is 12.0 Å². The van der Waals surface area contributed by atoms with E-state index in [-0.39, 0.29) is 6.54 Å². The summed E-state index contributed by atoms with van der Waals surface area (Å²) in [6.45, 7) is 2.71. The third kappa shape index (κ3) is 4.06. The third-order valence-corrected chi connectivity index (χ3v) is 2.16. The lowest BCUT2D eigenvalue weighted by molar-refractivity contribution is -0.137. The summed E-state index contributed by atoms with van der Waals surface area (Å²) in [5, 5.41) is 10.6.